The van der Waals surface area contributed by atoms with Crippen molar-refractivity contribution in [1.82, 2.24) is 0 Å². The summed E-state index contributed by atoms with van der Waals surface area (Å²) in [6.07, 6.45) is 1.00. The molecule has 0 aliphatic rings. The van der Waals surface area contributed by atoms with E-state index in [9.17, 15) is 13.2 Å². The maximum absolute atomic E-state index is 12.4. The van der Waals surface area contributed by atoms with Crippen LogP contribution in [0.4, 0.5) is 11.4 Å². The number of amides is 1. The third-order valence-electron chi connectivity index (χ3n) is 3.55. The second-order valence-electron chi connectivity index (χ2n) is 5.60. The third kappa shape index (κ3) is 5.03. The van der Waals surface area contributed by atoms with E-state index in [0.717, 1.165) is 16.1 Å². The first-order chi connectivity index (χ1) is 12.1. The van der Waals surface area contributed by atoms with Gasteiger partial charge in [0.25, 0.3) is 0 Å². The summed E-state index contributed by atoms with van der Waals surface area (Å²) in [7, 11) is -2.36. The van der Waals surface area contributed by atoms with Gasteiger partial charge in [-0.2, -0.15) is 0 Å². The maximum Gasteiger partial charge on any atom is 0.245 e. The van der Waals surface area contributed by atoms with Gasteiger partial charge in [0.1, 0.15) is 12.3 Å². The highest BCUT2D eigenvalue weighted by Crippen LogP contribution is 2.32. The Kier molecular flexibility index (Phi) is 6.39. The van der Waals surface area contributed by atoms with Crippen LogP contribution < -0.4 is 14.4 Å². The fourth-order valence-electron chi connectivity index (χ4n) is 2.24. The minimum atomic E-state index is -3.76. The topological polar surface area (TPSA) is 75.7 Å². The lowest BCUT2D eigenvalue weighted by Crippen LogP contribution is -2.37. The Hall–Kier alpha value is -1.96. The lowest BCUT2D eigenvalue weighted by Gasteiger charge is -2.24. The SMILES string of the molecule is COc1ccc(Cl)cc1N(CC(=O)Nc1ccc(C)c(Cl)c1)S(C)(=O)=O. The van der Waals surface area contributed by atoms with Gasteiger partial charge >= 0.3 is 0 Å². The second-order valence-corrected chi connectivity index (χ2v) is 8.35. The van der Waals surface area contributed by atoms with Crippen molar-refractivity contribution in [3.63, 3.8) is 0 Å². The average molecular weight is 417 g/mol. The number of sulfonamides is 1. The van der Waals surface area contributed by atoms with Gasteiger partial charge in [0.05, 0.1) is 19.1 Å². The molecule has 0 atom stereocenters. The lowest BCUT2D eigenvalue weighted by molar-refractivity contribution is -0.114. The summed E-state index contributed by atoms with van der Waals surface area (Å²) in [5.41, 5.74) is 1.52. The molecule has 2 aromatic carbocycles. The van der Waals surface area contributed by atoms with Crippen molar-refractivity contribution in [2.75, 3.05) is 29.5 Å². The van der Waals surface area contributed by atoms with Crippen molar-refractivity contribution in [2.24, 2.45) is 0 Å². The van der Waals surface area contributed by atoms with Gasteiger partial charge in [-0.15, -0.1) is 0 Å². The van der Waals surface area contributed by atoms with Gasteiger partial charge in [0, 0.05) is 15.7 Å². The molecule has 140 valence electrons. The van der Waals surface area contributed by atoms with E-state index in [1.807, 2.05) is 6.92 Å². The normalized spacial score (nSPS) is 11.1. The van der Waals surface area contributed by atoms with Crippen LogP contribution in [0.25, 0.3) is 0 Å². The zero-order valence-electron chi connectivity index (χ0n) is 14.4. The second kappa shape index (κ2) is 8.16. The van der Waals surface area contributed by atoms with Crippen molar-refractivity contribution in [3.8, 4) is 5.75 Å². The number of hydrogen-bond donors (Lipinski definition) is 1. The van der Waals surface area contributed by atoms with Gasteiger partial charge in [0.2, 0.25) is 15.9 Å². The molecular weight excluding hydrogens is 399 g/mol. The van der Waals surface area contributed by atoms with E-state index in [0.29, 0.717) is 15.7 Å². The summed E-state index contributed by atoms with van der Waals surface area (Å²) in [5, 5.41) is 3.45. The molecule has 0 heterocycles. The average Bonchev–Trinajstić information content (AvgIpc) is 2.55. The Morgan fingerprint density at radius 2 is 1.88 bits per heavy atom. The number of carbonyl (C=O) groups is 1. The van der Waals surface area contributed by atoms with Crippen molar-refractivity contribution < 1.29 is 17.9 Å². The van der Waals surface area contributed by atoms with E-state index in [-0.39, 0.29) is 11.4 Å². The number of benzene rings is 2. The molecule has 2 aromatic rings. The molecule has 2 rings (SSSR count). The first kappa shape index (κ1) is 20.4. The van der Waals surface area contributed by atoms with Crippen LogP contribution in [-0.4, -0.2) is 34.2 Å². The van der Waals surface area contributed by atoms with Gasteiger partial charge in [-0.05, 0) is 42.8 Å². The first-order valence-electron chi connectivity index (χ1n) is 7.49. The fraction of sp³-hybridized carbons (Fsp3) is 0.235. The zero-order chi connectivity index (χ0) is 19.5. The van der Waals surface area contributed by atoms with Crippen LogP contribution in [0.3, 0.4) is 0 Å². The molecule has 0 aromatic heterocycles. The first-order valence-corrected chi connectivity index (χ1v) is 10.1. The number of nitrogens with zero attached hydrogens (tertiary/aromatic N) is 1. The molecule has 0 bridgehead atoms. The smallest absolute Gasteiger partial charge is 0.245 e. The van der Waals surface area contributed by atoms with Crippen LogP contribution in [0.15, 0.2) is 36.4 Å². The number of ether oxygens (including phenoxy) is 1. The van der Waals surface area contributed by atoms with E-state index in [4.69, 9.17) is 27.9 Å². The summed E-state index contributed by atoms with van der Waals surface area (Å²) < 4.78 is 30.6. The Bertz CT molecular complexity index is 932. The van der Waals surface area contributed by atoms with Crippen LogP contribution >= 0.6 is 23.2 Å². The van der Waals surface area contributed by atoms with Crippen molar-refractivity contribution >= 4 is 50.5 Å². The number of nitrogens with one attached hydrogen (secondary N) is 1. The molecule has 0 unspecified atom stereocenters. The van der Waals surface area contributed by atoms with Gasteiger partial charge < -0.3 is 10.1 Å². The summed E-state index contributed by atoms with van der Waals surface area (Å²) in [6.45, 7) is 1.39. The monoisotopic (exact) mass is 416 g/mol. The van der Waals surface area contributed by atoms with Gasteiger partial charge in [-0.25, -0.2) is 8.42 Å². The minimum absolute atomic E-state index is 0.180. The number of carbonyl (C=O) groups excluding carboxylic acids is 1. The molecule has 0 saturated heterocycles. The van der Waals surface area contributed by atoms with E-state index in [2.05, 4.69) is 5.32 Å². The van der Waals surface area contributed by atoms with Crippen LogP contribution in [0.1, 0.15) is 5.56 Å². The molecule has 1 N–H and O–H groups in total. The highest BCUT2D eigenvalue weighted by Gasteiger charge is 2.24. The number of hydrogen-bond acceptors (Lipinski definition) is 4. The molecule has 6 nitrogen and oxygen atoms in total. The molecule has 0 saturated carbocycles. The number of anilines is 2. The molecule has 0 aliphatic heterocycles. The molecule has 1 amide bonds. The molecule has 0 spiro atoms. The predicted molar refractivity (Wildman–Crippen MR) is 105 cm³/mol. The summed E-state index contributed by atoms with van der Waals surface area (Å²) >= 11 is 12.0. The Balaban J connectivity index is 2.30. The largest absolute Gasteiger partial charge is 0.495 e. The molecule has 0 aliphatic carbocycles. The lowest BCUT2D eigenvalue weighted by atomic mass is 10.2. The summed E-state index contributed by atoms with van der Waals surface area (Å²) in [5.74, 6) is -0.247. The third-order valence-corrected chi connectivity index (χ3v) is 5.32. The molecule has 9 heteroatoms. The molecule has 0 radical (unpaired) electrons. The highest BCUT2D eigenvalue weighted by molar-refractivity contribution is 7.92. The van der Waals surface area contributed by atoms with Crippen LogP contribution in [0.2, 0.25) is 10.0 Å². The minimum Gasteiger partial charge on any atom is -0.495 e. The summed E-state index contributed by atoms with van der Waals surface area (Å²) in [4.78, 5) is 12.4. The number of rotatable bonds is 6. The number of halogens is 2. The van der Waals surface area contributed by atoms with Gasteiger partial charge in [0.15, 0.2) is 0 Å². The van der Waals surface area contributed by atoms with Gasteiger partial charge in [-0.1, -0.05) is 29.3 Å². The van der Waals surface area contributed by atoms with E-state index < -0.39 is 22.5 Å². The van der Waals surface area contributed by atoms with Crippen LogP contribution in [-0.2, 0) is 14.8 Å². The standard InChI is InChI=1S/C17H18Cl2N2O4S/c1-11-4-6-13(9-14(11)19)20-17(22)10-21(26(3,23)24)15-8-12(18)5-7-16(15)25-2/h4-9H,10H2,1-3H3,(H,20,22). The Morgan fingerprint density at radius 3 is 2.46 bits per heavy atom. The molecule has 0 fully saturated rings. The van der Waals surface area contributed by atoms with E-state index in [1.165, 1.54) is 19.2 Å². The Morgan fingerprint density at radius 1 is 1.19 bits per heavy atom. The number of aryl methyl sites for hydroxylation is 1. The van der Waals surface area contributed by atoms with E-state index in [1.54, 1.807) is 24.3 Å². The maximum atomic E-state index is 12.4. The predicted octanol–water partition coefficient (Wildman–Crippen LogP) is 3.72. The van der Waals surface area contributed by atoms with Crippen molar-refractivity contribution in [1.29, 1.82) is 0 Å². The summed E-state index contributed by atoms with van der Waals surface area (Å²) in [6, 6.07) is 9.57. The van der Waals surface area contributed by atoms with E-state index >= 15 is 0 Å². The highest BCUT2D eigenvalue weighted by atomic mass is 35.5. The Labute approximate surface area is 162 Å². The van der Waals surface area contributed by atoms with Gasteiger partial charge in [-0.3, -0.25) is 9.10 Å². The fourth-order valence-corrected chi connectivity index (χ4v) is 3.44. The molecule has 26 heavy (non-hydrogen) atoms. The number of methoxy groups -OCH3 is 1. The quantitative estimate of drug-likeness (QED) is 0.778. The molecular formula is C17H18Cl2N2O4S. The zero-order valence-corrected chi connectivity index (χ0v) is 16.7. The van der Waals surface area contributed by atoms with Crippen LogP contribution in [0.5, 0.6) is 5.75 Å². The van der Waals surface area contributed by atoms with Crippen molar-refractivity contribution in [3.05, 3.63) is 52.0 Å². The van der Waals surface area contributed by atoms with Crippen molar-refractivity contribution in [2.45, 2.75) is 6.92 Å². The van der Waals surface area contributed by atoms with Crippen LogP contribution in [0, 0.1) is 6.92 Å².